The predicted octanol–water partition coefficient (Wildman–Crippen LogP) is 5.87. The van der Waals surface area contributed by atoms with Crippen LogP contribution in [-0.2, 0) is 76.4 Å². The van der Waals surface area contributed by atoms with Crippen molar-refractivity contribution in [1.82, 2.24) is 0 Å². The number of hydrogen-bond donors (Lipinski definition) is 7. The predicted molar refractivity (Wildman–Crippen MR) is 215 cm³/mol. The highest BCUT2D eigenvalue weighted by molar-refractivity contribution is 7.94. The van der Waals surface area contributed by atoms with E-state index in [1.165, 1.54) is 31.4 Å². The maximum Gasteiger partial charge on any atom is 0.296 e. The Balaban J connectivity index is 1.86. The maximum absolute atomic E-state index is 13.0. The molecular formula is C28H29N5O23S7. The zero-order chi connectivity index (χ0) is 46.4. The molecule has 346 valence electrons. The van der Waals surface area contributed by atoms with E-state index < -0.39 is 97.4 Å². The van der Waals surface area contributed by atoms with E-state index >= 15 is 0 Å². The third kappa shape index (κ3) is 14.8. The molecule has 0 aromatic heterocycles. The number of rotatable bonds is 26. The molecule has 35 heteroatoms. The standard InChI is InChI=1S/C28H29N5O23S7/c1-48-23-7-3-16(60(38,39)10-8-49-58-55-52-36)12-22(23)31-32-26-19-14-24(57-54-51-35)27(28(34)18(19)4-6-21(26)29-15-62(42,43)44)33-30-20-5-2-17(13-25(20)63(45,46)47)61(40,41)11-9-50-59-56-53-37/h2-7,12-14,29,34-37H,8-11,15H2,1H3,(H,42,43,44)(H,45,46,47). The van der Waals surface area contributed by atoms with Crippen LogP contribution >= 0.6 is 36.7 Å². The number of nitrogens with zero attached hydrogens (tertiary/aromatic N) is 4. The van der Waals surface area contributed by atoms with Gasteiger partial charge < -0.3 is 15.2 Å². The quantitative estimate of drug-likeness (QED) is 0.00965. The first kappa shape index (κ1) is 51.7. The molecule has 0 radical (unpaired) electrons. The number of anilines is 1. The summed E-state index contributed by atoms with van der Waals surface area (Å²) in [6.45, 7) is -0.964. The summed E-state index contributed by atoms with van der Waals surface area (Å²) >= 11 is 0.421. The number of aromatic hydroxyl groups is 1. The fraction of sp³-hybridized carbons (Fsp3) is 0.214. The Labute approximate surface area is 368 Å². The van der Waals surface area contributed by atoms with Gasteiger partial charge in [-0.15, -0.1) is 33.5 Å². The Kier molecular flexibility index (Phi) is 19.1. The molecule has 0 unspecified atom stereocenters. The van der Waals surface area contributed by atoms with Crippen molar-refractivity contribution >= 4 is 116 Å². The Morgan fingerprint density at radius 1 is 0.651 bits per heavy atom. The number of methoxy groups -OCH3 is 1. The highest BCUT2D eigenvalue weighted by Gasteiger charge is 2.25. The number of fused-ring (bicyclic) bond motifs is 1. The summed E-state index contributed by atoms with van der Waals surface area (Å²) in [7, 11) is -17.0. The van der Waals surface area contributed by atoms with Crippen molar-refractivity contribution in [2.75, 3.05) is 43.0 Å². The number of azo groups is 2. The summed E-state index contributed by atoms with van der Waals surface area (Å²) in [5, 5.41) is 65.2. The van der Waals surface area contributed by atoms with Gasteiger partial charge in [-0.25, -0.2) is 32.6 Å². The van der Waals surface area contributed by atoms with Crippen molar-refractivity contribution in [3.8, 4) is 11.5 Å². The topological polar surface area (TPSA) is 402 Å². The lowest BCUT2D eigenvalue weighted by molar-refractivity contribution is -0.434. The molecule has 0 aliphatic heterocycles. The van der Waals surface area contributed by atoms with Crippen molar-refractivity contribution < 1.29 is 105 Å². The number of hydrogen-bond acceptors (Lipinski definition) is 29. The van der Waals surface area contributed by atoms with E-state index in [2.05, 4.69) is 53.9 Å². The number of sulfone groups is 2. The fourth-order valence-corrected chi connectivity index (χ4v) is 9.22. The van der Waals surface area contributed by atoms with Gasteiger partial charge in [-0.3, -0.25) is 17.5 Å². The SMILES string of the molecule is COc1ccc(S(=O)(=O)CCOSOOO)cc1N=Nc1c(NCS(=O)(=O)O)ccc2c(O)c(N=Nc3ccc(S(=O)(=O)CCOSOOO)cc3S(=O)(=O)O)c(SOOO)cc12. The second-order valence-corrected chi connectivity index (χ2v) is 20.1. The fourth-order valence-electron chi connectivity index (χ4n) is 4.82. The summed E-state index contributed by atoms with van der Waals surface area (Å²) in [6.07, 6.45) is 0. The average Bonchev–Trinajstić information content (AvgIpc) is 3.23. The molecule has 0 aliphatic rings. The first-order valence-corrected chi connectivity index (χ1v) is 24.5. The maximum atomic E-state index is 13.0. The Morgan fingerprint density at radius 2 is 1.22 bits per heavy atom. The van der Waals surface area contributed by atoms with Crippen LogP contribution in [0.1, 0.15) is 0 Å². The third-order valence-corrected chi connectivity index (χ3v) is 13.6. The molecule has 0 saturated carbocycles. The van der Waals surface area contributed by atoms with Crippen molar-refractivity contribution in [2.24, 2.45) is 20.5 Å². The summed E-state index contributed by atoms with van der Waals surface area (Å²) in [6, 6.07) is 9.36. The molecule has 0 fully saturated rings. The van der Waals surface area contributed by atoms with E-state index in [9.17, 15) is 47.9 Å². The van der Waals surface area contributed by atoms with Crippen LogP contribution in [0.25, 0.3) is 10.8 Å². The minimum Gasteiger partial charge on any atom is -0.505 e. The number of ether oxygens (including phenoxy) is 1. The molecule has 0 bridgehead atoms. The molecule has 0 heterocycles. The minimum absolute atomic E-state index is 0.0103. The summed E-state index contributed by atoms with van der Waals surface area (Å²) < 4.78 is 147. The van der Waals surface area contributed by atoms with Crippen LogP contribution in [0.2, 0.25) is 0 Å². The molecule has 7 N–H and O–H groups in total. The van der Waals surface area contributed by atoms with Crippen LogP contribution in [0.15, 0.2) is 94.6 Å². The van der Waals surface area contributed by atoms with Crippen molar-refractivity contribution in [3.05, 3.63) is 54.6 Å². The smallest absolute Gasteiger partial charge is 0.296 e. The number of nitrogens with one attached hydrogen (secondary N) is 1. The van der Waals surface area contributed by atoms with E-state index in [-0.39, 0.29) is 80.1 Å². The van der Waals surface area contributed by atoms with Gasteiger partial charge in [0.15, 0.2) is 50.1 Å². The summed E-state index contributed by atoms with van der Waals surface area (Å²) in [5.41, 5.74) is -1.85. The van der Waals surface area contributed by atoms with Crippen molar-refractivity contribution in [2.45, 2.75) is 19.6 Å². The Morgan fingerprint density at radius 3 is 1.79 bits per heavy atom. The van der Waals surface area contributed by atoms with E-state index in [0.29, 0.717) is 6.07 Å². The minimum atomic E-state index is -5.22. The normalized spacial score (nSPS) is 12.8. The molecule has 0 aliphatic carbocycles. The summed E-state index contributed by atoms with van der Waals surface area (Å²) in [4.78, 5) is -2.26. The molecule has 63 heavy (non-hydrogen) atoms. The van der Waals surface area contributed by atoms with Crippen LogP contribution in [0.4, 0.5) is 28.4 Å². The van der Waals surface area contributed by atoms with Gasteiger partial charge in [0.1, 0.15) is 39.3 Å². The molecule has 0 atom stereocenters. The average molecular weight is 1030 g/mol. The molecule has 0 saturated heterocycles. The zero-order valence-electron chi connectivity index (χ0n) is 31.0. The number of phenolic OH excluding ortho intramolecular Hbond substituents is 1. The van der Waals surface area contributed by atoms with E-state index in [1.54, 1.807) is 0 Å². The molecule has 4 aromatic rings. The lowest BCUT2D eigenvalue weighted by Crippen LogP contribution is -2.13. The highest BCUT2D eigenvalue weighted by atomic mass is 32.2. The molecular weight excluding hydrogens is 999 g/mol. The Hall–Kier alpha value is -3.93. The van der Waals surface area contributed by atoms with Crippen LogP contribution in [0.3, 0.4) is 0 Å². The van der Waals surface area contributed by atoms with E-state index in [1.807, 2.05) is 0 Å². The van der Waals surface area contributed by atoms with Gasteiger partial charge in [0.2, 0.25) is 0 Å². The summed E-state index contributed by atoms with van der Waals surface area (Å²) in [5.74, 6) is -3.20. The molecule has 4 aromatic carbocycles. The lowest BCUT2D eigenvalue weighted by atomic mass is 10.1. The largest absolute Gasteiger partial charge is 0.505 e. The highest BCUT2D eigenvalue weighted by Crippen LogP contribution is 2.49. The first-order chi connectivity index (χ1) is 29.8. The Bertz CT molecular complexity index is 2760. The van der Waals surface area contributed by atoms with Gasteiger partial charge in [-0.2, -0.15) is 16.8 Å². The zero-order valence-corrected chi connectivity index (χ0v) is 36.7. The van der Waals surface area contributed by atoms with Crippen molar-refractivity contribution in [1.29, 1.82) is 0 Å². The van der Waals surface area contributed by atoms with Crippen LogP contribution < -0.4 is 10.1 Å². The molecule has 0 amide bonds. The van der Waals surface area contributed by atoms with Gasteiger partial charge in [0.05, 0.1) is 64.2 Å². The first-order valence-electron chi connectivity index (χ1n) is 16.0. The van der Waals surface area contributed by atoms with Gasteiger partial charge >= 0.3 is 0 Å². The van der Waals surface area contributed by atoms with Gasteiger partial charge in [0.25, 0.3) is 20.2 Å². The third-order valence-electron chi connectivity index (χ3n) is 7.48. The lowest BCUT2D eigenvalue weighted by Gasteiger charge is -2.14. The monoisotopic (exact) mass is 1030 g/mol. The van der Waals surface area contributed by atoms with Crippen LogP contribution in [0.5, 0.6) is 11.5 Å². The van der Waals surface area contributed by atoms with Gasteiger partial charge in [-0.1, -0.05) is 15.1 Å². The number of phenols is 1. The number of benzene rings is 4. The molecule has 4 rings (SSSR count). The molecule has 28 nitrogen and oxygen atoms in total. The van der Waals surface area contributed by atoms with Crippen molar-refractivity contribution in [3.63, 3.8) is 0 Å². The van der Waals surface area contributed by atoms with Crippen LogP contribution in [0, 0.1) is 0 Å². The second-order valence-electron chi connectivity index (χ2n) is 11.3. The van der Waals surface area contributed by atoms with Gasteiger partial charge in [0, 0.05) is 10.8 Å². The molecule has 0 spiro atoms. The van der Waals surface area contributed by atoms with Gasteiger partial charge in [-0.05, 0) is 54.6 Å². The van der Waals surface area contributed by atoms with E-state index in [4.69, 9.17) is 28.9 Å². The van der Waals surface area contributed by atoms with E-state index in [0.717, 1.165) is 24.3 Å². The van der Waals surface area contributed by atoms with Crippen LogP contribution in [-0.4, -0.2) is 101 Å². The second kappa shape index (κ2) is 23.3.